The fourth-order valence-electron chi connectivity index (χ4n) is 5.10. The number of amides is 1. The van der Waals surface area contributed by atoms with E-state index in [0.717, 1.165) is 37.5 Å². The Morgan fingerprint density at radius 2 is 2.03 bits per heavy atom. The maximum atomic E-state index is 11.5. The molecule has 2 aliphatic rings. The Bertz CT molecular complexity index is 833. The van der Waals surface area contributed by atoms with Crippen molar-refractivity contribution in [2.45, 2.75) is 76.8 Å². The van der Waals surface area contributed by atoms with Crippen LogP contribution >= 0.6 is 0 Å². The molecule has 1 amide bonds. The largest absolute Gasteiger partial charge is 0.366 e. The molecular formula is C23H32N4O2. The van der Waals surface area contributed by atoms with E-state index in [0.29, 0.717) is 29.5 Å². The third-order valence-corrected chi connectivity index (χ3v) is 6.44. The van der Waals surface area contributed by atoms with Crippen LogP contribution in [0, 0.1) is 5.92 Å². The molecule has 6 nitrogen and oxygen atoms in total. The van der Waals surface area contributed by atoms with Gasteiger partial charge in [-0.15, -0.1) is 0 Å². The van der Waals surface area contributed by atoms with Crippen molar-refractivity contribution in [1.29, 1.82) is 0 Å². The molecular weight excluding hydrogens is 364 g/mol. The van der Waals surface area contributed by atoms with Crippen LogP contribution in [0.4, 0.5) is 0 Å². The van der Waals surface area contributed by atoms with E-state index in [4.69, 9.17) is 10.3 Å². The van der Waals surface area contributed by atoms with Crippen LogP contribution in [0.3, 0.4) is 0 Å². The lowest BCUT2D eigenvalue weighted by Gasteiger charge is -2.39. The standard InChI is InChI=1S/C23H32N4O2/c1-15(2)11-22-25-21(26-29-22)7-4-10-27-19-8-9-20(27)14-18(13-19)16-5-3-6-17(12-16)23(24)28/h3,5-6,12,15,18-20H,4,7-11,13-14H2,1-2H3,(H2,24,28)/t18?,19-,20+. The van der Waals surface area contributed by atoms with E-state index in [1.807, 2.05) is 12.1 Å². The Balaban J connectivity index is 1.31. The highest BCUT2D eigenvalue weighted by Crippen LogP contribution is 2.43. The van der Waals surface area contributed by atoms with E-state index >= 15 is 0 Å². The number of primary amides is 1. The summed E-state index contributed by atoms with van der Waals surface area (Å²) in [4.78, 5) is 18.7. The quantitative estimate of drug-likeness (QED) is 0.735. The number of piperidine rings is 1. The minimum atomic E-state index is -0.342. The van der Waals surface area contributed by atoms with Crippen molar-refractivity contribution in [1.82, 2.24) is 15.0 Å². The van der Waals surface area contributed by atoms with E-state index in [9.17, 15) is 4.79 Å². The van der Waals surface area contributed by atoms with Gasteiger partial charge in [-0.3, -0.25) is 9.69 Å². The molecule has 156 valence electrons. The highest BCUT2D eigenvalue weighted by atomic mass is 16.5. The van der Waals surface area contributed by atoms with Crippen molar-refractivity contribution in [3.05, 3.63) is 47.1 Å². The Hall–Kier alpha value is -2.21. The number of carbonyl (C=O) groups excluding carboxylic acids is 1. The van der Waals surface area contributed by atoms with Crippen LogP contribution in [-0.2, 0) is 12.8 Å². The van der Waals surface area contributed by atoms with E-state index in [-0.39, 0.29) is 5.91 Å². The number of aryl methyl sites for hydroxylation is 1. The molecule has 3 heterocycles. The molecule has 0 aliphatic carbocycles. The summed E-state index contributed by atoms with van der Waals surface area (Å²) in [6.45, 7) is 5.41. The molecule has 3 atom stereocenters. The van der Waals surface area contributed by atoms with Gasteiger partial charge in [-0.1, -0.05) is 31.1 Å². The van der Waals surface area contributed by atoms with Gasteiger partial charge in [0.2, 0.25) is 11.8 Å². The molecule has 2 aliphatic heterocycles. The number of benzene rings is 1. The predicted octanol–water partition coefficient (Wildman–Crippen LogP) is 3.71. The van der Waals surface area contributed by atoms with Crippen LogP contribution in [0.25, 0.3) is 0 Å². The van der Waals surface area contributed by atoms with Crippen LogP contribution in [0.1, 0.15) is 79.5 Å². The van der Waals surface area contributed by atoms with E-state index < -0.39 is 0 Å². The molecule has 2 bridgehead atoms. The number of hydrogen-bond acceptors (Lipinski definition) is 5. The Morgan fingerprint density at radius 3 is 2.72 bits per heavy atom. The fourth-order valence-corrected chi connectivity index (χ4v) is 5.10. The van der Waals surface area contributed by atoms with Crippen molar-refractivity contribution < 1.29 is 9.32 Å². The van der Waals surface area contributed by atoms with Gasteiger partial charge in [0, 0.05) is 30.5 Å². The summed E-state index contributed by atoms with van der Waals surface area (Å²) in [6.07, 6.45) is 7.67. The average molecular weight is 397 g/mol. The van der Waals surface area contributed by atoms with Gasteiger partial charge in [-0.05, 0) is 68.2 Å². The molecule has 0 spiro atoms. The molecule has 0 saturated carbocycles. The molecule has 2 saturated heterocycles. The molecule has 1 unspecified atom stereocenters. The van der Waals surface area contributed by atoms with Crippen LogP contribution in [0.15, 0.2) is 28.8 Å². The van der Waals surface area contributed by atoms with Crippen molar-refractivity contribution in [2.24, 2.45) is 11.7 Å². The zero-order valence-electron chi connectivity index (χ0n) is 17.5. The van der Waals surface area contributed by atoms with Gasteiger partial charge in [-0.25, -0.2) is 0 Å². The molecule has 1 aromatic carbocycles. The van der Waals surface area contributed by atoms with Crippen molar-refractivity contribution in [2.75, 3.05) is 6.54 Å². The van der Waals surface area contributed by atoms with Gasteiger partial charge >= 0.3 is 0 Å². The first-order valence-electron chi connectivity index (χ1n) is 11.0. The second kappa shape index (κ2) is 8.66. The minimum Gasteiger partial charge on any atom is -0.366 e. The number of nitrogens with two attached hydrogens (primary N) is 1. The summed E-state index contributed by atoms with van der Waals surface area (Å²) in [5, 5.41) is 4.14. The lowest BCUT2D eigenvalue weighted by molar-refractivity contribution is 0.1000. The summed E-state index contributed by atoms with van der Waals surface area (Å²) in [6, 6.07) is 9.18. The van der Waals surface area contributed by atoms with Gasteiger partial charge < -0.3 is 10.3 Å². The molecule has 6 heteroatoms. The number of hydrogen-bond donors (Lipinski definition) is 1. The second-order valence-corrected chi connectivity index (χ2v) is 9.09. The first kappa shape index (κ1) is 20.1. The molecule has 1 aromatic heterocycles. The van der Waals surface area contributed by atoms with E-state index in [1.54, 1.807) is 6.07 Å². The second-order valence-electron chi connectivity index (χ2n) is 9.09. The van der Waals surface area contributed by atoms with Crippen molar-refractivity contribution in [3.8, 4) is 0 Å². The van der Waals surface area contributed by atoms with Gasteiger partial charge in [0.1, 0.15) is 0 Å². The third-order valence-electron chi connectivity index (χ3n) is 6.44. The first-order valence-corrected chi connectivity index (χ1v) is 11.0. The number of carbonyl (C=O) groups is 1. The zero-order valence-corrected chi connectivity index (χ0v) is 17.5. The normalized spacial score (nSPS) is 24.3. The van der Waals surface area contributed by atoms with E-state index in [1.165, 1.54) is 31.2 Å². The Morgan fingerprint density at radius 1 is 1.28 bits per heavy atom. The summed E-state index contributed by atoms with van der Waals surface area (Å²) in [7, 11) is 0. The maximum absolute atomic E-state index is 11.5. The zero-order chi connectivity index (χ0) is 20.4. The number of nitrogens with zero attached hydrogens (tertiary/aromatic N) is 3. The third kappa shape index (κ3) is 4.69. The van der Waals surface area contributed by atoms with Gasteiger partial charge in [0.15, 0.2) is 5.82 Å². The number of fused-ring (bicyclic) bond motifs is 2. The fraction of sp³-hybridized carbons (Fsp3) is 0.609. The molecule has 2 fully saturated rings. The first-order chi connectivity index (χ1) is 14.0. The molecule has 2 N–H and O–H groups in total. The Kier molecular flexibility index (Phi) is 5.99. The molecule has 4 rings (SSSR count). The summed E-state index contributed by atoms with van der Waals surface area (Å²) < 4.78 is 5.35. The molecule has 0 radical (unpaired) electrons. The van der Waals surface area contributed by atoms with Crippen LogP contribution in [0.2, 0.25) is 0 Å². The monoisotopic (exact) mass is 396 g/mol. The summed E-state index contributed by atoms with van der Waals surface area (Å²) >= 11 is 0. The molecule has 2 aromatic rings. The van der Waals surface area contributed by atoms with Crippen LogP contribution in [-0.4, -0.2) is 39.6 Å². The Labute approximate surface area is 172 Å². The van der Waals surface area contributed by atoms with Gasteiger partial charge in [0.25, 0.3) is 0 Å². The minimum absolute atomic E-state index is 0.342. The lowest BCUT2D eigenvalue weighted by atomic mass is 9.84. The number of aromatic nitrogens is 2. The lowest BCUT2D eigenvalue weighted by Crippen LogP contribution is -2.42. The average Bonchev–Trinajstić information content (AvgIpc) is 3.21. The topological polar surface area (TPSA) is 85.3 Å². The molecule has 29 heavy (non-hydrogen) atoms. The van der Waals surface area contributed by atoms with E-state index in [2.05, 4.69) is 35.0 Å². The summed E-state index contributed by atoms with van der Waals surface area (Å²) in [5.41, 5.74) is 7.35. The number of rotatable bonds is 8. The SMILES string of the molecule is CC(C)Cc1nc(CCCN2[C@@H]3CC[C@H]2CC(c2cccc(C(N)=O)c2)C3)no1. The highest BCUT2D eigenvalue weighted by molar-refractivity contribution is 5.92. The summed E-state index contributed by atoms with van der Waals surface area (Å²) in [5.74, 6) is 2.31. The predicted molar refractivity (Wildman–Crippen MR) is 112 cm³/mol. The van der Waals surface area contributed by atoms with Crippen molar-refractivity contribution in [3.63, 3.8) is 0 Å². The van der Waals surface area contributed by atoms with Gasteiger partial charge in [-0.2, -0.15) is 4.98 Å². The van der Waals surface area contributed by atoms with Crippen molar-refractivity contribution >= 4 is 5.91 Å². The smallest absolute Gasteiger partial charge is 0.248 e. The van der Waals surface area contributed by atoms with Crippen LogP contribution in [0.5, 0.6) is 0 Å². The maximum Gasteiger partial charge on any atom is 0.248 e. The van der Waals surface area contributed by atoms with Crippen LogP contribution < -0.4 is 5.73 Å². The van der Waals surface area contributed by atoms with Gasteiger partial charge in [0.05, 0.1) is 0 Å². The highest BCUT2D eigenvalue weighted by Gasteiger charge is 2.40.